The fraction of sp³-hybridized carbons (Fsp3) is 0. The number of nitrogens with two attached hydrogens (primary N) is 1. The molecule has 6 heteroatoms. The van der Waals surface area contributed by atoms with E-state index >= 15 is 0 Å². The molecule has 1 heterocycles. The lowest BCUT2D eigenvalue weighted by molar-refractivity contribution is 0.627. The van der Waals surface area contributed by atoms with Crippen molar-refractivity contribution in [3.8, 4) is 5.69 Å². The lowest BCUT2D eigenvalue weighted by Gasteiger charge is -2.08. The van der Waals surface area contributed by atoms with Gasteiger partial charge >= 0.3 is 0 Å². The number of hydrogen-bond acceptors (Lipinski definition) is 2. The standard InChI is InChI=1S/C13H8Cl2FN3/c14-7-4-8(16)6-9(5-7)19-12-10(15)2-1-3-11(12)18-13(19)17/h1-6H,(H2,17,18). The number of benzene rings is 2. The van der Waals surface area contributed by atoms with Crippen LogP contribution in [0.1, 0.15) is 0 Å². The molecule has 2 aromatic carbocycles. The van der Waals surface area contributed by atoms with Crippen LogP contribution in [0.15, 0.2) is 36.4 Å². The second-order valence-electron chi connectivity index (χ2n) is 4.04. The Labute approximate surface area is 118 Å². The summed E-state index contributed by atoms with van der Waals surface area (Å²) < 4.78 is 15.0. The molecule has 19 heavy (non-hydrogen) atoms. The molecule has 0 fully saturated rings. The van der Waals surface area contributed by atoms with E-state index in [4.69, 9.17) is 28.9 Å². The topological polar surface area (TPSA) is 43.8 Å². The van der Waals surface area contributed by atoms with E-state index in [9.17, 15) is 4.39 Å². The van der Waals surface area contributed by atoms with Crippen LogP contribution in [0, 0.1) is 5.82 Å². The van der Waals surface area contributed by atoms with E-state index in [2.05, 4.69) is 4.98 Å². The summed E-state index contributed by atoms with van der Waals surface area (Å²) in [5.74, 6) is -0.222. The Morgan fingerprint density at radius 3 is 2.68 bits per heavy atom. The molecule has 0 spiro atoms. The van der Waals surface area contributed by atoms with E-state index in [0.29, 0.717) is 21.7 Å². The third-order valence-corrected chi connectivity index (χ3v) is 3.28. The van der Waals surface area contributed by atoms with Crippen molar-refractivity contribution in [2.75, 3.05) is 5.73 Å². The van der Waals surface area contributed by atoms with Gasteiger partial charge in [0.15, 0.2) is 0 Å². The number of fused-ring (bicyclic) bond motifs is 1. The molecule has 3 rings (SSSR count). The van der Waals surface area contributed by atoms with Gasteiger partial charge in [0.2, 0.25) is 5.95 Å². The molecule has 0 aliphatic rings. The van der Waals surface area contributed by atoms with Crippen molar-refractivity contribution < 1.29 is 4.39 Å². The molecule has 0 unspecified atom stereocenters. The number of hydrogen-bond donors (Lipinski definition) is 1. The third kappa shape index (κ3) is 2.03. The molecule has 96 valence electrons. The average Bonchev–Trinajstić information content (AvgIpc) is 2.65. The van der Waals surface area contributed by atoms with Crippen molar-refractivity contribution in [1.82, 2.24) is 9.55 Å². The second-order valence-corrected chi connectivity index (χ2v) is 4.88. The van der Waals surface area contributed by atoms with Gasteiger partial charge in [-0.25, -0.2) is 9.37 Å². The van der Waals surface area contributed by atoms with E-state index < -0.39 is 5.82 Å². The SMILES string of the molecule is Nc1nc2cccc(Cl)c2n1-c1cc(F)cc(Cl)c1. The van der Waals surface area contributed by atoms with Crippen molar-refractivity contribution in [2.24, 2.45) is 0 Å². The number of rotatable bonds is 1. The summed E-state index contributed by atoms with van der Waals surface area (Å²) in [4.78, 5) is 4.20. The molecular weight excluding hydrogens is 288 g/mol. The van der Waals surface area contributed by atoms with Gasteiger partial charge in [0.25, 0.3) is 0 Å². The highest BCUT2D eigenvalue weighted by atomic mass is 35.5. The number of anilines is 1. The van der Waals surface area contributed by atoms with Crippen molar-refractivity contribution in [2.45, 2.75) is 0 Å². The van der Waals surface area contributed by atoms with Gasteiger partial charge in [-0.1, -0.05) is 29.3 Å². The molecule has 0 amide bonds. The Kier molecular flexibility index (Phi) is 2.84. The van der Waals surface area contributed by atoms with E-state index in [1.807, 2.05) is 0 Å². The van der Waals surface area contributed by atoms with E-state index in [1.54, 1.807) is 28.8 Å². The van der Waals surface area contributed by atoms with Crippen molar-refractivity contribution in [3.05, 3.63) is 52.3 Å². The van der Waals surface area contributed by atoms with Gasteiger partial charge in [0, 0.05) is 5.02 Å². The highest BCUT2D eigenvalue weighted by Gasteiger charge is 2.13. The monoisotopic (exact) mass is 295 g/mol. The maximum Gasteiger partial charge on any atom is 0.205 e. The fourth-order valence-electron chi connectivity index (χ4n) is 2.03. The molecule has 0 bridgehead atoms. The van der Waals surface area contributed by atoms with E-state index in [0.717, 1.165) is 0 Å². The number of aromatic nitrogens is 2. The second kappa shape index (κ2) is 4.40. The molecule has 2 N–H and O–H groups in total. The number of nitrogen functional groups attached to an aromatic ring is 1. The minimum Gasteiger partial charge on any atom is -0.369 e. The Bertz CT molecular complexity index is 763. The number of imidazole rings is 1. The van der Waals surface area contributed by atoms with Gasteiger partial charge in [0.05, 0.1) is 21.7 Å². The molecule has 0 saturated heterocycles. The zero-order chi connectivity index (χ0) is 13.6. The highest BCUT2D eigenvalue weighted by Crippen LogP contribution is 2.30. The van der Waals surface area contributed by atoms with Gasteiger partial charge in [-0.15, -0.1) is 0 Å². The first kappa shape index (κ1) is 12.3. The first-order valence-electron chi connectivity index (χ1n) is 5.45. The largest absolute Gasteiger partial charge is 0.369 e. The summed E-state index contributed by atoms with van der Waals surface area (Å²) >= 11 is 12.0. The summed E-state index contributed by atoms with van der Waals surface area (Å²) in [6, 6.07) is 9.44. The molecule has 0 atom stereocenters. The van der Waals surface area contributed by atoms with Crippen LogP contribution >= 0.6 is 23.2 Å². The van der Waals surface area contributed by atoms with Crippen LogP contribution in [0.5, 0.6) is 0 Å². The quantitative estimate of drug-likeness (QED) is 0.736. The van der Waals surface area contributed by atoms with Gasteiger partial charge in [-0.3, -0.25) is 4.57 Å². The average molecular weight is 296 g/mol. The predicted octanol–water partition coefficient (Wildman–Crippen LogP) is 4.05. The Hall–Kier alpha value is -1.78. The van der Waals surface area contributed by atoms with Crippen LogP contribution in [0.4, 0.5) is 10.3 Å². The zero-order valence-electron chi connectivity index (χ0n) is 9.57. The summed E-state index contributed by atoms with van der Waals surface area (Å²) in [5.41, 5.74) is 7.64. The lowest BCUT2D eigenvalue weighted by Crippen LogP contribution is -2.01. The highest BCUT2D eigenvalue weighted by molar-refractivity contribution is 6.35. The van der Waals surface area contributed by atoms with Gasteiger partial charge in [-0.2, -0.15) is 0 Å². The Morgan fingerprint density at radius 1 is 1.16 bits per heavy atom. The maximum atomic E-state index is 13.5. The predicted molar refractivity (Wildman–Crippen MR) is 75.5 cm³/mol. The Balaban J connectivity index is 2.38. The van der Waals surface area contributed by atoms with Crippen molar-refractivity contribution in [3.63, 3.8) is 0 Å². The number of para-hydroxylation sites is 1. The van der Waals surface area contributed by atoms with Crippen molar-refractivity contribution >= 4 is 40.2 Å². The number of halogens is 3. The first-order chi connectivity index (χ1) is 9.06. The van der Waals surface area contributed by atoms with Gasteiger partial charge in [0.1, 0.15) is 5.82 Å². The minimum atomic E-state index is -0.448. The molecule has 0 aliphatic heterocycles. The Morgan fingerprint density at radius 2 is 1.95 bits per heavy atom. The van der Waals surface area contributed by atoms with Gasteiger partial charge < -0.3 is 5.73 Å². The fourth-order valence-corrected chi connectivity index (χ4v) is 2.50. The first-order valence-corrected chi connectivity index (χ1v) is 6.21. The smallest absolute Gasteiger partial charge is 0.205 e. The molecule has 0 aliphatic carbocycles. The van der Waals surface area contributed by atoms with Crippen LogP contribution in [-0.4, -0.2) is 9.55 Å². The third-order valence-electron chi connectivity index (χ3n) is 2.76. The molecular formula is C13H8Cl2FN3. The van der Waals surface area contributed by atoms with Crippen LogP contribution in [0.25, 0.3) is 16.7 Å². The van der Waals surface area contributed by atoms with Crippen LogP contribution < -0.4 is 5.73 Å². The summed E-state index contributed by atoms with van der Waals surface area (Å²) in [6.07, 6.45) is 0. The van der Waals surface area contributed by atoms with Gasteiger partial charge in [-0.05, 0) is 30.3 Å². The molecule has 3 aromatic rings. The molecule has 0 radical (unpaired) electrons. The summed E-state index contributed by atoms with van der Waals surface area (Å²) in [5, 5.41) is 0.769. The minimum absolute atomic E-state index is 0.227. The molecule has 1 aromatic heterocycles. The van der Waals surface area contributed by atoms with Crippen LogP contribution in [-0.2, 0) is 0 Å². The van der Waals surface area contributed by atoms with E-state index in [1.165, 1.54) is 12.1 Å². The van der Waals surface area contributed by atoms with E-state index in [-0.39, 0.29) is 11.0 Å². The van der Waals surface area contributed by atoms with Crippen LogP contribution in [0.2, 0.25) is 10.0 Å². The summed E-state index contributed by atoms with van der Waals surface area (Å²) in [7, 11) is 0. The molecule has 3 nitrogen and oxygen atoms in total. The maximum absolute atomic E-state index is 13.5. The number of nitrogens with zero attached hydrogens (tertiary/aromatic N) is 2. The normalized spacial score (nSPS) is 11.1. The zero-order valence-corrected chi connectivity index (χ0v) is 11.1. The summed E-state index contributed by atoms with van der Waals surface area (Å²) in [6.45, 7) is 0. The molecule has 0 saturated carbocycles. The van der Waals surface area contributed by atoms with Crippen molar-refractivity contribution in [1.29, 1.82) is 0 Å². The lowest BCUT2D eigenvalue weighted by atomic mass is 10.2. The van der Waals surface area contributed by atoms with Crippen LogP contribution in [0.3, 0.4) is 0 Å².